The van der Waals surface area contributed by atoms with E-state index in [0.29, 0.717) is 31.1 Å². The normalized spacial score (nSPS) is 13.4. The van der Waals surface area contributed by atoms with Crippen molar-refractivity contribution in [1.29, 1.82) is 0 Å². The standard InChI is InChI=1S/C31H37N3O6S/c1-5-27(31(36)32-22(2)3)33(20-24-12-10-9-11-23(24)4)30(35)21-34(41(37,38)26-13-7-6-8-14-26)25-15-16-28-29(19-25)40-18-17-39-28/h6-16,19,22,27H,5,17-18,20-21H2,1-4H3,(H,32,36)/t27-/m0/s1. The summed E-state index contributed by atoms with van der Waals surface area (Å²) in [5.74, 6) is 0.101. The summed E-state index contributed by atoms with van der Waals surface area (Å²) in [5, 5.41) is 2.91. The lowest BCUT2D eigenvalue weighted by Crippen LogP contribution is -2.53. The predicted molar refractivity (Wildman–Crippen MR) is 157 cm³/mol. The number of carbonyl (C=O) groups is 2. The molecule has 0 aromatic heterocycles. The number of fused-ring (bicyclic) bond motifs is 1. The quantitative estimate of drug-likeness (QED) is 0.363. The monoisotopic (exact) mass is 579 g/mol. The Morgan fingerprint density at radius 1 is 0.927 bits per heavy atom. The van der Waals surface area contributed by atoms with Crippen LogP contribution >= 0.6 is 0 Å². The van der Waals surface area contributed by atoms with Crippen LogP contribution in [0.2, 0.25) is 0 Å². The SMILES string of the molecule is CC[C@@H](C(=O)NC(C)C)N(Cc1ccccc1C)C(=O)CN(c1ccc2c(c1)OCCO2)S(=O)(=O)c1ccccc1. The summed E-state index contributed by atoms with van der Waals surface area (Å²) < 4.78 is 40.4. The molecule has 1 aliphatic rings. The lowest BCUT2D eigenvalue weighted by molar-refractivity contribution is -0.140. The molecule has 4 rings (SSSR count). The number of hydrogen-bond donors (Lipinski definition) is 1. The molecular formula is C31H37N3O6S. The first-order chi connectivity index (χ1) is 19.6. The highest BCUT2D eigenvalue weighted by molar-refractivity contribution is 7.92. The first-order valence-corrected chi connectivity index (χ1v) is 15.2. The second kappa shape index (κ2) is 13.1. The Balaban J connectivity index is 1.77. The molecule has 9 nitrogen and oxygen atoms in total. The number of amides is 2. The number of nitrogens with one attached hydrogen (secondary N) is 1. The zero-order chi connectivity index (χ0) is 29.6. The Morgan fingerprint density at radius 3 is 2.24 bits per heavy atom. The van der Waals surface area contributed by atoms with Gasteiger partial charge in [-0.05, 0) is 62.6 Å². The van der Waals surface area contributed by atoms with Crippen LogP contribution in [0.1, 0.15) is 38.3 Å². The van der Waals surface area contributed by atoms with Gasteiger partial charge in [-0.1, -0.05) is 49.4 Å². The van der Waals surface area contributed by atoms with Crippen molar-refractivity contribution in [3.63, 3.8) is 0 Å². The molecule has 0 bridgehead atoms. The summed E-state index contributed by atoms with van der Waals surface area (Å²) in [4.78, 5) is 29.0. The Hall–Kier alpha value is -4.05. The fourth-order valence-corrected chi connectivity index (χ4v) is 6.13. The van der Waals surface area contributed by atoms with Gasteiger partial charge in [-0.15, -0.1) is 0 Å². The number of hydrogen-bond acceptors (Lipinski definition) is 6. The van der Waals surface area contributed by atoms with Crippen molar-refractivity contribution in [3.05, 3.63) is 83.9 Å². The predicted octanol–water partition coefficient (Wildman–Crippen LogP) is 4.29. The summed E-state index contributed by atoms with van der Waals surface area (Å²) in [6.07, 6.45) is 0.353. The van der Waals surface area contributed by atoms with E-state index in [9.17, 15) is 18.0 Å². The van der Waals surface area contributed by atoms with E-state index in [-0.39, 0.29) is 29.1 Å². The first-order valence-electron chi connectivity index (χ1n) is 13.7. The molecule has 1 heterocycles. The van der Waals surface area contributed by atoms with Crippen molar-refractivity contribution in [3.8, 4) is 11.5 Å². The number of aryl methyl sites for hydroxylation is 1. The minimum atomic E-state index is -4.17. The Labute approximate surface area is 242 Å². The van der Waals surface area contributed by atoms with Crippen LogP contribution in [-0.4, -0.2) is 57.0 Å². The van der Waals surface area contributed by atoms with Crippen molar-refractivity contribution in [2.24, 2.45) is 0 Å². The van der Waals surface area contributed by atoms with Crippen LogP contribution in [0.25, 0.3) is 0 Å². The third-order valence-corrected chi connectivity index (χ3v) is 8.63. The molecule has 1 N–H and O–H groups in total. The molecule has 41 heavy (non-hydrogen) atoms. The number of nitrogens with zero attached hydrogens (tertiary/aromatic N) is 2. The molecule has 2 amide bonds. The molecule has 0 spiro atoms. The van der Waals surface area contributed by atoms with Gasteiger partial charge in [-0.2, -0.15) is 0 Å². The number of sulfonamides is 1. The molecule has 218 valence electrons. The van der Waals surface area contributed by atoms with Gasteiger partial charge in [0.15, 0.2) is 11.5 Å². The number of benzene rings is 3. The van der Waals surface area contributed by atoms with Crippen LogP contribution < -0.4 is 19.1 Å². The molecule has 3 aromatic carbocycles. The molecule has 0 fully saturated rings. The third kappa shape index (κ3) is 7.00. The van der Waals surface area contributed by atoms with E-state index in [1.165, 1.54) is 17.0 Å². The average Bonchev–Trinajstić information content (AvgIpc) is 2.96. The molecule has 1 aliphatic heterocycles. The zero-order valence-corrected chi connectivity index (χ0v) is 24.7. The number of rotatable bonds is 11. The summed E-state index contributed by atoms with van der Waals surface area (Å²) in [6.45, 7) is 7.83. The van der Waals surface area contributed by atoms with Crippen molar-refractivity contribution in [1.82, 2.24) is 10.2 Å². The van der Waals surface area contributed by atoms with Crippen molar-refractivity contribution in [2.45, 2.75) is 57.6 Å². The molecule has 0 saturated carbocycles. The van der Waals surface area contributed by atoms with Gasteiger partial charge < -0.3 is 19.7 Å². The highest BCUT2D eigenvalue weighted by atomic mass is 32.2. The number of ether oxygens (including phenoxy) is 2. The second-order valence-corrected chi connectivity index (χ2v) is 12.1. The molecular weight excluding hydrogens is 542 g/mol. The first kappa shape index (κ1) is 29.9. The van der Waals surface area contributed by atoms with Gasteiger partial charge in [0.2, 0.25) is 11.8 Å². The van der Waals surface area contributed by atoms with Crippen LogP contribution in [0.4, 0.5) is 5.69 Å². The number of anilines is 1. The Bertz CT molecular complexity index is 1480. The molecule has 1 atom stereocenters. The number of carbonyl (C=O) groups excluding carboxylic acids is 2. The van der Waals surface area contributed by atoms with E-state index in [0.717, 1.165) is 15.4 Å². The topological polar surface area (TPSA) is 105 Å². The maximum absolute atomic E-state index is 14.2. The largest absolute Gasteiger partial charge is 0.486 e. The maximum Gasteiger partial charge on any atom is 0.264 e. The highest BCUT2D eigenvalue weighted by Gasteiger charge is 2.34. The fourth-order valence-electron chi connectivity index (χ4n) is 4.71. The van der Waals surface area contributed by atoms with E-state index in [2.05, 4.69) is 5.32 Å². The molecule has 0 saturated heterocycles. The van der Waals surface area contributed by atoms with Crippen LogP contribution in [0, 0.1) is 6.92 Å². The van der Waals surface area contributed by atoms with Gasteiger partial charge in [0.1, 0.15) is 25.8 Å². The Morgan fingerprint density at radius 2 is 1.59 bits per heavy atom. The minimum absolute atomic E-state index is 0.0396. The van der Waals surface area contributed by atoms with Crippen LogP contribution in [0.5, 0.6) is 11.5 Å². The molecule has 0 radical (unpaired) electrons. The summed E-state index contributed by atoms with van der Waals surface area (Å²) in [6, 6.07) is 19.5. The Kier molecular flexibility index (Phi) is 9.54. The molecule has 10 heteroatoms. The van der Waals surface area contributed by atoms with E-state index in [4.69, 9.17) is 9.47 Å². The van der Waals surface area contributed by atoms with Crippen LogP contribution in [0.15, 0.2) is 77.7 Å². The van der Waals surface area contributed by atoms with Crippen molar-refractivity contribution < 1.29 is 27.5 Å². The second-order valence-electron chi connectivity index (χ2n) is 10.2. The van der Waals surface area contributed by atoms with Crippen molar-refractivity contribution in [2.75, 3.05) is 24.1 Å². The molecule has 0 unspecified atom stereocenters. The lowest BCUT2D eigenvalue weighted by Gasteiger charge is -2.34. The van der Waals surface area contributed by atoms with Crippen molar-refractivity contribution >= 4 is 27.5 Å². The summed E-state index contributed by atoms with van der Waals surface area (Å²) >= 11 is 0. The van der Waals surface area contributed by atoms with Gasteiger partial charge >= 0.3 is 0 Å². The summed E-state index contributed by atoms with van der Waals surface area (Å²) in [7, 11) is -4.17. The van der Waals surface area contributed by atoms with E-state index < -0.39 is 28.5 Å². The third-order valence-electron chi connectivity index (χ3n) is 6.84. The highest BCUT2D eigenvalue weighted by Crippen LogP contribution is 2.36. The van der Waals surface area contributed by atoms with Crippen LogP contribution in [-0.2, 0) is 26.2 Å². The maximum atomic E-state index is 14.2. The molecule has 0 aliphatic carbocycles. The van der Waals surface area contributed by atoms with Gasteiger partial charge in [-0.3, -0.25) is 13.9 Å². The average molecular weight is 580 g/mol. The minimum Gasteiger partial charge on any atom is -0.486 e. The van der Waals surface area contributed by atoms with Gasteiger partial charge in [0.05, 0.1) is 10.6 Å². The van der Waals surface area contributed by atoms with Gasteiger partial charge in [0, 0.05) is 18.7 Å². The van der Waals surface area contributed by atoms with E-state index in [1.54, 1.807) is 36.4 Å². The zero-order valence-electron chi connectivity index (χ0n) is 23.9. The smallest absolute Gasteiger partial charge is 0.264 e. The molecule has 3 aromatic rings. The van der Waals surface area contributed by atoms with Crippen LogP contribution in [0.3, 0.4) is 0 Å². The van der Waals surface area contributed by atoms with E-state index >= 15 is 0 Å². The van der Waals surface area contributed by atoms with E-state index in [1.807, 2.05) is 52.0 Å². The lowest BCUT2D eigenvalue weighted by atomic mass is 10.1. The van der Waals surface area contributed by atoms with Gasteiger partial charge in [-0.25, -0.2) is 8.42 Å². The fraction of sp³-hybridized carbons (Fsp3) is 0.355. The summed E-state index contributed by atoms with van der Waals surface area (Å²) in [5.41, 5.74) is 2.08. The van der Waals surface area contributed by atoms with Gasteiger partial charge in [0.25, 0.3) is 10.0 Å².